The molecule has 1 heterocycles. The van der Waals surface area contributed by atoms with E-state index in [0.29, 0.717) is 5.02 Å². The summed E-state index contributed by atoms with van der Waals surface area (Å²) in [4.78, 5) is 4.07. The van der Waals surface area contributed by atoms with Crippen molar-refractivity contribution in [3.05, 3.63) is 101 Å². The number of aromatic nitrogens is 2. The maximum Gasteiger partial charge on any atom is 0.0949 e. The Labute approximate surface area is 162 Å². The first-order valence-electron chi connectivity index (χ1n) is 8.30. The number of hydrogen-bond donors (Lipinski definition) is 0. The molecule has 2 nitrogen and oxygen atoms in total. The SMILES string of the molecule is Clc1ccccc1-c1ccc(-c2ccc(Cn3ccnc3)cc2)c(Cl)c1. The molecule has 0 radical (unpaired) electrons. The van der Waals surface area contributed by atoms with Crippen molar-refractivity contribution in [2.24, 2.45) is 0 Å². The van der Waals surface area contributed by atoms with Gasteiger partial charge in [0.15, 0.2) is 0 Å². The van der Waals surface area contributed by atoms with Crippen LogP contribution in [0.25, 0.3) is 22.3 Å². The molecule has 0 spiro atoms. The lowest BCUT2D eigenvalue weighted by Gasteiger charge is -2.10. The van der Waals surface area contributed by atoms with Crippen molar-refractivity contribution in [1.29, 1.82) is 0 Å². The van der Waals surface area contributed by atoms with Crippen molar-refractivity contribution < 1.29 is 0 Å². The predicted octanol–water partition coefficient (Wildman–Crippen LogP) is 6.57. The Balaban J connectivity index is 1.61. The van der Waals surface area contributed by atoms with E-state index < -0.39 is 0 Å². The zero-order chi connectivity index (χ0) is 17.9. The average Bonchev–Trinajstić information content (AvgIpc) is 3.16. The Bertz CT molecular complexity index is 1020. The van der Waals surface area contributed by atoms with Gasteiger partial charge in [-0.25, -0.2) is 4.98 Å². The minimum absolute atomic E-state index is 0.713. The highest BCUT2D eigenvalue weighted by Crippen LogP contribution is 2.34. The maximum absolute atomic E-state index is 6.57. The van der Waals surface area contributed by atoms with Gasteiger partial charge in [0.05, 0.1) is 6.33 Å². The standard InChI is InChI=1S/C22H16Cl2N2/c23-21-4-2-1-3-19(21)18-9-10-20(22(24)13-18)17-7-5-16(6-8-17)14-26-12-11-25-15-26/h1-13,15H,14H2. The fourth-order valence-electron chi connectivity index (χ4n) is 2.99. The summed E-state index contributed by atoms with van der Waals surface area (Å²) in [5.41, 5.74) is 5.32. The fourth-order valence-corrected chi connectivity index (χ4v) is 3.53. The lowest BCUT2D eigenvalue weighted by molar-refractivity contribution is 0.797. The molecule has 0 amide bonds. The quantitative estimate of drug-likeness (QED) is 0.392. The van der Waals surface area contributed by atoms with Crippen molar-refractivity contribution in [2.45, 2.75) is 6.54 Å². The predicted molar refractivity (Wildman–Crippen MR) is 109 cm³/mol. The monoisotopic (exact) mass is 378 g/mol. The molecule has 0 N–H and O–H groups in total. The van der Waals surface area contributed by atoms with Crippen LogP contribution in [0, 0.1) is 0 Å². The largest absolute Gasteiger partial charge is 0.333 e. The number of imidazole rings is 1. The van der Waals surface area contributed by atoms with Crippen LogP contribution in [0.5, 0.6) is 0 Å². The second kappa shape index (κ2) is 7.36. The van der Waals surface area contributed by atoms with Crippen LogP contribution in [0.2, 0.25) is 10.0 Å². The number of rotatable bonds is 4. The molecule has 0 fully saturated rings. The van der Waals surface area contributed by atoms with Crippen LogP contribution in [-0.4, -0.2) is 9.55 Å². The topological polar surface area (TPSA) is 17.8 Å². The van der Waals surface area contributed by atoms with Crippen molar-refractivity contribution in [2.75, 3.05) is 0 Å². The van der Waals surface area contributed by atoms with E-state index in [1.807, 2.05) is 53.5 Å². The molecule has 0 saturated carbocycles. The highest BCUT2D eigenvalue weighted by atomic mass is 35.5. The van der Waals surface area contributed by atoms with Gasteiger partial charge in [0.1, 0.15) is 0 Å². The van der Waals surface area contributed by atoms with E-state index in [1.165, 1.54) is 5.56 Å². The van der Waals surface area contributed by atoms with Gasteiger partial charge in [-0.2, -0.15) is 0 Å². The van der Waals surface area contributed by atoms with E-state index in [-0.39, 0.29) is 0 Å². The van der Waals surface area contributed by atoms with Crippen molar-refractivity contribution >= 4 is 23.2 Å². The van der Waals surface area contributed by atoms with Gasteiger partial charge in [0.25, 0.3) is 0 Å². The third kappa shape index (κ3) is 3.52. The van der Waals surface area contributed by atoms with Gasteiger partial charge in [-0.3, -0.25) is 0 Å². The molecule has 4 aromatic rings. The highest BCUT2D eigenvalue weighted by molar-refractivity contribution is 6.34. The summed E-state index contributed by atoms with van der Waals surface area (Å²) in [5, 5.41) is 1.44. The molecule has 0 saturated heterocycles. The molecule has 0 atom stereocenters. The summed E-state index contributed by atoms with van der Waals surface area (Å²) in [6, 6.07) is 22.3. The van der Waals surface area contributed by atoms with Crippen LogP contribution in [-0.2, 0) is 6.54 Å². The van der Waals surface area contributed by atoms with E-state index in [0.717, 1.165) is 33.8 Å². The van der Waals surface area contributed by atoms with Crippen LogP contribution in [0.1, 0.15) is 5.56 Å². The molecule has 0 unspecified atom stereocenters. The molecule has 1 aromatic heterocycles. The molecule has 3 aromatic carbocycles. The van der Waals surface area contributed by atoms with Crippen molar-refractivity contribution in [3.8, 4) is 22.3 Å². The first kappa shape index (κ1) is 16.9. The second-order valence-corrected chi connectivity index (χ2v) is 6.92. The summed E-state index contributed by atoms with van der Waals surface area (Å²) >= 11 is 12.9. The smallest absolute Gasteiger partial charge is 0.0949 e. The van der Waals surface area contributed by atoms with Gasteiger partial charge in [-0.15, -0.1) is 0 Å². The maximum atomic E-state index is 6.57. The summed E-state index contributed by atoms with van der Waals surface area (Å²) in [6.07, 6.45) is 5.56. The van der Waals surface area contributed by atoms with Gasteiger partial charge in [0, 0.05) is 40.1 Å². The summed E-state index contributed by atoms with van der Waals surface area (Å²) in [7, 11) is 0. The van der Waals surface area contributed by atoms with Gasteiger partial charge in [-0.05, 0) is 28.8 Å². The third-order valence-corrected chi connectivity index (χ3v) is 4.99. The Morgan fingerprint density at radius 1 is 0.769 bits per heavy atom. The van der Waals surface area contributed by atoms with Gasteiger partial charge in [-0.1, -0.05) is 77.8 Å². The first-order chi connectivity index (χ1) is 12.7. The Morgan fingerprint density at radius 2 is 1.50 bits per heavy atom. The summed E-state index contributed by atoms with van der Waals surface area (Å²) < 4.78 is 2.04. The van der Waals surface area contributed by atoms with Gasteiger partial charge >= 0.3 is 0 Å². The molecule has 4 heteroatoms. The van der Waals surface area contributed by atoms with E-state index >= 15 is 0 Å². The van der Waals surface area contributed by atoms with E-state index in [2.05, 4.69) is 35.3 Å². The van der Waals surface area contributed by atoms with E-state index in [4.69, 9.17) is 23.2 Å². The zero-order valence-electron chi connectivity index (χ0n) is 13.9. The van der Waals surface area contributed by atoms with Crippen LogP contribution < -0.4 is 0 Å². The number of hydrogen-bond acceptors (Lipinski definition) is 1. The van der Waals surface area contributed by atoms with Gasteiger partial charge < -0.3 is 4.57 Å². The Hall–Kier alpha value is -2.55. The van der Waals surface area contributed by atoms with Crippen LogP contribution in [0.15, 0.2) is 85.5 Å². The summed E-state index contributed by atoms with van der Waals surface area (Å²) in [5.74, 6) is 0. The minimum Gasteiger partial charge on any atom is -0.333 e. The molecule has 4 rings (SSSR count). The molecule has 0 bridgehead atoms. The lowest BCUT2D eigenvalue weighted by Crippen LogP contribution is -1.95. The van der Waals surface area contributed by atoms with Gasteiger partial charge in [0.2, 0.25) is 0 Å². The van der Waals surface area contributed by atoms with Crippen molar-refractivity contribution in [1.82, 2.24) is 9.55 Å². The third-order valence-electron chi connectivity index (χ3n) is 4.34. The van der Waals surface area contributed by atoms with Crippen LogP contribution in [0.3, 0.4) is 0 Å². The minimum atomic E-state index is 0.713. The second-order valence-electron chi connectivity index (χ2n) is 6.11. The number of benzene rings is 3. The normalized spacial score (nSPS) is 10.8. The molecule has 0 aliphatic rings. The molecule has 128 valence electrons. The fraction of sp³-hybridized carbons (Fsp3) is 0.0455. The molecule has 26 heavy (non-hydrogen) atoms. The average molecular weight is 379 g/mol. The highest BCUT2D eigenvalue weighted by Gasteiger charge is 2.08. The molecule has 0 aliphatic heterocycles. The molecular weight excluding hydrogens is 363 g/mol. The number of nitrogens with zero attached hydrogens (tertiary/aromatic N) is 2. The Kier molecular flexibility index (Phi) is 4.79. The van der Waals surface area contributed by atoms with Crippen molar-refractivity contribution in [3.63, 3.8) is 0 Å². The first-order valence-corrected chi connectivity index (χ1v) is 9.06. The summed E-state index contributed by atoms with van der Waals surface area (Å²) in [6.45, 7) is 0.805. The van der Waals surface area contributed by atoms with E-state index in [1.54, 1.807) is 6.20 Å². The molecule has 0 aliphatic carbocycles. The van der Waals surface area contributed by atoms with Crippen LogP contribution >= 0.6 is 23.2 Å². The zero-order valence-corrected chi connectivity index (χ0v) is 15.5. The lowest BCUT2D eigenvalue weighted by atomic mass is 9.99. The van der Waals surface area contributed by atoms with Crippen LogP contribution in [0.4, 0.5) is 0 Å². The number of halogens is 2. The Morgan fingerprint density at radius 3 is 2.19 bits per heavy atom. The molecular formula is C22H16Cl2N2. The van der Waals surface area contributed by atoms with E-state index in [9.17, 15) is 0 Å².